The average molecular weight is 486 g/mol. The minimum atomic E-state index is -3.65. The summed E-state index contributed by atoms with van der Waals surface area (Å²) in [4.78, 5) is 17.6. The van der Waals surface area contributed by atoms with Crippen molar-refractivity contribution in [1.82, 2.24) is 9.21 Å². The van der Waals surface area contributed by atoms with Crippen LogP contribution in [0, 0.1) is 5.92 Å². The highest BCUT2D eigenvalue weighted by molar-refractivity contribution is 7.89. The van der Waals surface area contributed by atoms with Crippen molar-refractivity contribution in [3.8, 4) is 5.75 Å². The van der Waals surface area contributed by atoms with Crippen LogP contribution in [0.2, 0.25) is 0 Å². The van der Waals surface area contributed by atoms with Gasteiger partial charge in [-0.2, -0.15) is 4.31 Å². The number of rotatable bonds is 7. The SMILES string of the molecule is COc1ccc(S(=O)(=O)N2CCCC(C(=O)N(C)Cc3ccc(N4CCCCC4)cc3)C2)cc1. The van der Waals surface area contributed by atoms with E-state index in [1.54, 1.807) is 43.3 Å². The van der Waals surface area contributed by atoms with Crippen LogP contribution in [-0.4, -0.2) is 63.9 Å². The molecule has 2 aliphatic heterocycles. The van der Waals surface area contributed by atoms with Crippen molar-refractivity contribution in [3.05, 3.63) is 54.1 Å². The number of ether oxygens (including phenoxy) is 1. The van der Waals surface area contributed by atoms with Crippen molar-refractivity contribution in [2.24, 2.45) is 5.92 Å². The molecule has 2 aromatic carbocycles. The summed E-state index contributed by atoms with van der Waals surface area (Å²) in [6, 6.07) is 14.9. The molecule has 1 atom stereocenters. The van der Waals surface area contributed by atoms with Crippen molar-refractivity contribution in [1.29, 1.82) is 0 Å². The molecule has 0 aromatic heterocycles. The number of methoxy groups -OCH3 is 1. The highest BCUT2D eigenvalue weighted by atomic mass is 32.2. The Morgan fingerprint density at radius 1 is 0.971 bits per heavy atom. The lowest BCUT2D eigenvalue weighted by Crippen LogP contribution is -2.45. The molecule has 1 amide bonds. The third-order valence-electron chi connectivity index (χ3n) is 6.88. The maximum absolute atomic E-state index is 13.2. The first-order chi connectivity index (χ1) is 16.4. The molecule has 0 radical (unpaired) electrons. The number of nitrogens with zero attached hydrogens (tertiary/aromatic N) is 3. The molecule has 7 nitrogen and oxygen atoms in total. The van der Waals surface area contributed by atoms with Gasteiger partial charge in [-0.15, -0.1) is 0 Å². The third kappa shape index (κ3) is 5.55. The van der Waals surface area contributed by atoms with Crippen molar-refractivity contribution in [2.45, 2.75) is 43.5 Å². The van der Waals surface area contributed by atoms with Crippen LogP contribution in [0.3, 0.4) is 0 Å². The smallest absolute Gasteiger partial charge is 0.243 e. The Kier molecular flexibility index (Phi) is 7.78. The van der Waals surface area contributed by atoms with E-state index in [1.807, 2.05) is 0 Å². The van der Waals surface area contributed by atoms with Crippen LogP contribution in [0.5, 0.6) is 5.75 Å². The molecule has 0 spiro atoms. The van der Waals surface area contributed by atoms with E-state index in [4.69, 9.17) is 4.74 Å². The van der Waals surface area contributed by atoms with E-state index >= 15 is 0 Å². The van der Waals surface area contributed by atoms with E-state index < -0.39 is 10.0 Å². The largest absolute Gasteiger partial charge is 0.497 e. The lowest BCUT2D eigenvalue weighted by Gasteiger charge is -2.33. The summed E-state index contributed by atoms with van der Waals surface area (Å²) in [7, 11) is -0.302. The summed E-state index contributed by atoms with van der Waals surface area (Å²) in [6.07, 6.45) is 5.16. The van der Waals surface area contributed by atoms with Crippen molar-refractivity contribution in [3.63, 3.8) is 0 Å². The highest BCUT2D eigenvalue weighted by Gasteiger charge is 2.34. The minimum absolute atomic E-state index is 0.00487. The second-order valence-corrected chi connectivity index (χ2v) is 11.2. The molecule has 2 aromatic rings. The Labute approximate surface area is 203 Å². The number of hydrogen-bond donors (Lipinski definition) is 0. The Hall–Kier alpha value is -2.58. The molecule has 0 bridgehead atoms. The quantitative estimate of drug-likeness (QED) is 0.598. The topological polar surface area (TPSA) is 70.2 Å². The fourth-order valence-electron chi connectivity index (χ4n) is 4.89. The molecule has 184 valence electrons. The second kappa shape index (κ2) is 10.8. The Morgan fingerprint density at radius 3 is 2.29 bits per heavy atom. The monoisotopic (exact) mass is 485 g/mol. The van der Waals surface area contributed by atoms with Crippen LogP contribution in [0.15, 0.2) is 53.4 Å². The standard InChI is InChI=1S/C26H35N3O4S/c1-27(19-21-8-10-23(11-9-21)28-16-4-3-5-17-28)26(30)22-7-6-18-29(20-22)34(31,32)25-14-12-24(33-2)13-15-25/h8-15,22H,3-7,16-20H2,1-2H3. The third-order valence-corrected chi connectivity index (χ3v) is 8.76. The van der Waals surface area contributed by atoms with Crippen LogP contribution in [0.1, 0.15) is 37.7 Å². The fraction of sp³-hybridized carbons (Fsp3) is 0.500. The molecule has 34 heavy (non-hydrogen) atoms. The first-order valence-electron chi connectivity index (χ1n) is 12.1. The molecule has 8 heteroatoms. The molecule has 0 aliphatic carbocycles. The number of carbonyl (C=O) groups is 1. The normalized spacial score (nSPS) is 19.6. The van der Waals surface area contributed by atoms with Gasteiger partial charge < -0.3 is 14.5 Å². The number of piperidine rings is 2. The van der Waals surface area contributed by atoms with Gasteiger partial charge >= 0.3 is 0 Å². The lowest BCUT2D eigenvalue weighted by atomic mass is 9.98. The van der Waals surface area contributed by atoms with Gasteiger partial charge in [-0.3, -0.25) is 4.79 Å². The van der Waals surface area contributed by atoms with Gasteiger partial charge in [0.25, 0.3) is 0 Å². The summed E-state index contributed by atoms with van der Waals surface area (Å²) >= 11 is 0. The zero-order valence-corrected chi connectivity index (χ0v) is 21.0. The van der Waals surface area contributed by atoms with E-state index in [1.165, 1.54) is 29.3 Å². The van der Waals surface area contributed by atoms with E-state index in [9.17, 15) is 13.2 Å². The van der Waals surface area contributed by atoms with Gasteiger partial charge in [-0.05, 0) is 74.1 Å². The lowest BCUT2D eigenvalue weighted by molar-refractivity contribution is -0.135. The number of amides is 1. The van der Waals surface area contributed by atoms with E-state index in [0.717, 1.165) is 18.7 Å². The number of benzene rings is 2. The molecule has 4 rings (SSSR count). The van der Waals surface area contributed by atoms with Crippen molar-refractivity contribution >= 4 is 21.6 Å². The van der Waals surface area contributed by atoms with Gasteiger partial charge in [0.1, 0.15) is 5.75 Å². The Morgan fingerprint density at radius 2 is 1.65 bits per heavy atom. The Balaban J connectivity index is 1.37. The average Bonchev–Trinajstić information content (AvgIpc) is 2.89. The van der Waals surface area contributed by atoms with Gasteiger partial charge in [-0.25, -0.2) is 8.42 Å². The van der Waals surface area contributed by atoms with Gasteiger partial charge in [0.2, 0.25) is 15.9 Å². The number of sulfonamides is 1. The van der Waals surface area contributed by atoms with Gasteiger partial charge in [0.05, 0.1) is 17.9 Å². The summed E-state index contributed by atoms with van der Waals surface area (Å²) in [5, 5.41) is 0. The zero-order valence-electron chi connectivity index (χ0n) is 20.2. The highest BCUT2D eigenvalue weighted by Crippen LogP contribution is 2.27. The van der Waals surface area contributed by atoms with Crippen molar-refractivity contribution < 1.29 is 17.9 Å². The molecule has 0 N–H and O–H groups in total. The van der Waals surface area contributed by atoms with E-state index in [0.29, 0.717) is 31.7 Å². The molecule has 2 heterocycles. The molecule has 2 fully saturated rings. The number of anilines is 1. The summed E-state index contributed by atoms with van der Waals surface area (Å²) in [5.41, 5.74) is 2.32. The van der Waals surface area contributed by atoms with Crippen LogP contribution >= 0.6 is 0 Å². The van der Waals surface area contributed by atoms with Crippen LogP contribution in [0.25, 0.3) is 0 Å². The summed E-state index contributed by atoms with van der Waals surface area (Å²) in [6.45, 7) is 3.37. The van der Waals surface area contributed by atoms with Gasteiger partial charge in [0.15, 0.2) is 0 Å². The predicted octanol–water partition coefficient (Wildman–Crippen LogP) is 3.74. The van der Waals surface area contributed by atoms with Crippen LogP contribution < -0.4 is 9.64 Å². The maximum atomic E-state index is 13.2. The predicted molar refractivity (Wildman–Crippen MR) is 133 cm³/mol. The number of hydrogen-bond acceptors (Lipinski definition) is 5. The Bertz CT molecular complexity index is 1060. The van der Waals surface area contributed by atoms with Crippen molar-refractivity contribution in [2.75, 3.05) is 45.2 Å². The van der Waals surface area contributed by atoms with Gasteiger partial charge in [-0.1, -0.05) is 12.1 Å². The summed E-state index contributed by atoms with van der Waals surface area (Å²) < 4.78 is 32.8. The minimum Gasteiger partial charge on any atom is -0.497 e. The van der Waals surface area contributed by atoms with Crippen LogP contribution in [0.4, 0.5) is 5.69 Å². The molecular weight excluding hydrogens is 450 g/mol. The molecule has 1 unspecified atom stereocenters. The fourth-order valence-corrected chi connectivity index (χ4v) is 6.41. The van der Waals surface area contributed by atoms with Gasteiger partial charge in [0, 0.05) is 45.5 Å². The summed E-state index contributed by atoms with van der Waals surface area (Å²) in [5.74, 6) is 0.269. The molecule has 2 aliphatic rings. The second-order valence-electron chi connectivity index (χ2n) is 9.29. The first kappa shape index (κ1) is 24.5. The number of carbonyl (C=O) groups excluding carboxylic acids is 1. The maximum Gasteiger partial charge on any atom is 0.243 e. The van der Waals surface area contributed by atoms with E-state index in [-0.39, 0.29) is 23.3 Å². The van der Waals surface area contributed by atoms with Crippen LogP contribution in [-0.2, 0) is 21.4 Å². The molecule has 0 saturated carbocycles. The molecular formula is C26H35N3O4S. The molecule has 2 saturated heterocycles. The zero-order chi connectivity index (χ0) is 24.1. The van der Waals surface area contributed by atoms with E-state index in [2.05, 4.69) is 29.2 Å². The first-order valence-corrected chi connectivity index (χ1v) is 13.6.